The van der Waals surface area contributed by atoms with Crippen molar-refractivity contribution in [1.29, 1.82) is 0 Å². The zero-order chi connectivity index (χ0) is 30.0. The number of hydrogen-bond acceptors (Lipinski definition) is 6. The molecule has 0 spiro atoms. The molecular weight excluding hydrogens is 542 g/mol. The number of anilines is 1. The Bertz CT molecular complexity index is 1390. The average molecular weight is 582 g/mol. The molecule has 0 aliphatic heterocycles. The zero-order valence-corrected chi connectivity index (χ0v) is 25.1. The lowest BCUT2D eigenvalue weighted by atomic mass is 10.1. The van der Waals surface area contributed by atoms with E-state index in [-0.39, 0.29) is 23.3 Å². The van der Waals surface area contributed by atoms with Crippen LogP contribution in [0.2, 0.25) is 0 Å². The van der Waals surface area contributed by atoms with Crippen LogP contribution in [0.25, 0.3) is 0 Å². The first-order valence-electron chi connectivity index (χ1n) is 13.6. The quantitative estimate of drug-likeness (QED) is 0.301. The number of carbonyl (C=O) groups is 2. The molecule has 0 bridgehead atoms. The first kappa shape index (κ1) is 31.5. The second kappa shape index (κ2) is 14.5. The number of rotatable bonds is 14. The molecule has 3 aromatic rings. The largest absolute Gasteiger partial charge is 0.497 e. The minimum Gasteiger partial charge on any atom is -0.497 e. The van der Waals surface area contributed by atoms with E-state index >= 15 is 0 Å². The highest BCUT2D eigenvalue weighted by molar-refractivity contribution is 7.92. The molecule has 1 atom stereocenters. The maximum absolute atomic E-state index is 14.0. The van der Waals surface area contributed by atoms with Gasteiger partial charge < -0.3 is 19.7 Å². The summed E-state index contributed by atoms with van der Waals surface area (Å²) in [5.74, 6) is 0.519. The van der Waals surface area contributed by atoms with Crippen molar-refractivity contribution in [2.24, 2.45) is 5.92 Å². The van der Waals surface area contributed by atoms with E-state index in [0.29, 0.717) is 30.3 Å². The van der Waals surface area contributed by atoms with Crippen LogP contribution in [0, 0.1) is 5.92 Å². The third-order valence-corrected chi connectivity index (χ3v) is 8.17. The molecular formula is C31H39N3O6S. The van der Waals surface area contributed by atoms with E-state index in [1.807, 2.05) is 26.8 Å². The summed E-state index contributed by atoms with van der Waals surface area (Å²) in [7, 11) is -2.61. The summed E-state index contributed by atoms with van der Waals surface area (Å²) in [6, 6.07) is 20.8. The Balaban J connectivity index is 1.99. The van der Waals surface area contributed by atoms with E-state index in [2.05, 4.69) is 5.32 Å². The fourth-order valence-corrected chi connectivity index (χ4v) is 5.54. The number of carbonyl (C=O) groups excluding carboxylic acids is 2. The molecule has 0 radical (unpaired) electrons. The van der Waals surface area contributed by atoms with Gasteiger partial charge in [0.05, 0.1) is 24.3 Å². The Morgan fingerprint density at radius 3 is 2.20 bits per heavy atom. The van der Waals surface area contributed by atoms with E-state index in [0.717, 1.165) is 9.87 Å². The molecule has 1 unspecified atom stereocenters. The van der Waals surface area contributed by atoms with Gasteiger partial charge in [-0.1, -0.05) is 44.2 Å². The minimum atomic E-state index is -4.16. The lowest BCUT2D eigenvalue weighted by molar-refractivity contribution is -0.139. The zero-order valence-electron chi connectivity index (χ0n) is 24.2. The maximum Gasteiger partial charge on any atom is 0.264 e. The molecule has 0 saturated carbocycles. The second-order valence-electron chi connectivity index (χ2n) is 9.94. The summed E-state index contributed by atoms with van der Waals surface area (Å²) >= 11 is 0. The maximum atomic E-state index is 14.0. The monoisotopic (exact) mass is 581 g/mol. The van der Waals surface area contributed by atoms with Gasteiger partial charge in [0.15, 0.2) is 0 Å². The molecule has 41 heavy (non-hydrogen) atoms. The first-order chi connectivity index (χ1) is 19.6. The topological polar surface area (TPSA) is 105 Å². The van der Waals surface area contributed by atoms with Gasteiger partial charge in [-0.2, -0.15) is 0 Å². The molecule has 0 aliphatic carbocycles. The van der Waals surface area contributed by atoms with Crippen LogP contribution >= 0.6 is 0 Å². The predicted octanol–water partition coefficient (Wildman–Crippen LogP) is 4.48. The molecule has 3 rings (SSSR count). The van der Waals surface area contributed by atoms with Crippen molar-refractivity contribution in [2.45, 2.75) is 45.2 Å². The molecule has 2 amide bonds. The smallest absolute Gasteiger partial charge is 0.264 e. The number of benzene rings is 3. The molecule has 9 nitrogen and oxygen atoms in total. The van der Waals surface area contributed by atoms with Gasteiger partial charge in [0.2, 0.25) is 11.8 Å². The predicted molar refractivity (Wildman–Crippen MR) is 159 cm³/mol. The Morgan fingerprint density at radius 1 is 0.902 bits per heavy atom. The van der Waals surface area contributed by atoms with E-state index in [1.54, 1.807) is 74.7 Å². The molecule has 1 N–H and O–H groups in total. The fourth-order valence-electron chi connectivity index (χ4n) is 4.13. The van der Waals surface area contributed by atoms with E-state index in [4.69, 9.17) is 9.47 Å². The number of para-hydroxylation sites is 1. The van der Waals surface area contributed by atoms with Gasteiger partial charge in [-0.15, -0.1) is 0 Å². The van der Waals surface area contributed by atoms with Gasteiger partial charge in [0.25, 0.3) is 10.0 Å². The molecule has 0 aromatic heterocycles. The lowest BCUT2D eigenvalue weighted by Gasteiger charge is -2.32. The van der Waals surface area contributed by atoms with E-state index in [1.165, 1.54) is 17.0 Å². The Labute approximate surface area is 243 Å². The van der Waals surface area contributed by atoms with Gasteiger partial charge in [0.1, 0.15) is 24.1 Å². The third kappa shape index (κ3) is 8.47. The number of nitrogens with zero attached hydrogens (tertiary/aromatic N) is 2. The van der Waals surface area contributed by atoms with Crippen molar-refractivity contribution in [3.8, 4) is 11.5 Å². The van der Waals surface area contributed by atoms with E-state index < -0.39 is 28.5 Å². The molecule has 0 aliphatic rings. The Morgan fingerprint density at radius 2 is 1.59 bits per heavy atom. The molecule has 0 saturated heterocycles. The Hall–Kier alpha value is -4.05. The van der Waals surface area contributed by atoms with Crippen molar-refractivity contribution >= 4 is 27.5 Å². The van der Waals surface area contributed by atoms with Crippen molar-refractivity contribution in [2.75, 3.05) is 31.1 Å². The van der Waals surface area contributed by atoms with Crippen molar-refractivity contribution in [3.63, 3.8) is 0 Å². The van der Waals surface area contributed by atoms with Crippen LogP contribution in [-0.2, 0) is 26.2 Å². The first-order valence-corrected chi connectivity index (χ1v) is 15.0. The van der Waals surface area contributed by atoms with Gasteiger partial charge in [-0.05, 0) is 73.9 Å². The van der Waals surface area contributed by atoms with Crippen molar-refractivity contribution < 1.29 is 27.5 Å². The molecule has 3 aromatic carbocycles. The number of amides is 2. The summed E-state index contributed by atoms with van der Waals surface area (Å²) in [5, 5.41) is 2.88. The van der Waals surface area contributed by atoms with Crippen molar-refractivity contribution in [1.82, 2.24) is 10.2 Å². The average Bonchev–Trinajstić information content (AvgIpc) is 2.97. The number of sulfonamides is 1. The van der Waals surface area contributed by atoms with Crippen molar-refractivity contribution in [3.05, 3.63) is 84.4 Å². The van der Waals surface area contributed by atoms with Crippen LogP contribution < -0.4 is 19.1 Å². The normalized spacial score (nSPS) is 12.0. The highest BCUT2D eigenvalue weighted by atomic mass is 32.2. The van der Waals surface area contributed by atoms with Crippen LogP contribution in [0.15, 0.2) is 83.8 Å². The third-order valence-electron chi connectivity index (χ3n) is 6.38. The summed E-state index contributed by atoms with van der Waals surface area (Å²) in [5.41, 5.74) is 1.06. The van der Waals surface area contributed by atoms with Crippen LogP contribution in [0.4, 0.5) is 5.69 Å². The van der Waals surface area contributed by atoms with Crippen LogP contribution in [0.5, 0.6) is 11.5 Å². The van der Waals surface area contributed by atoms with Gasteiger partial charge in [-0.25, -0.2) is 8.42 Å². The highest BCUT2D eigenvalue weighted by Gasteiger charge is 2.32. The number of hydrogen-bond donors (Lipinski definition) is 1. The fraction of sp³-hybridized carbons (Fsp3) is 0.355. The minimum absolute atomic E-state index is 0.0136. The summed E-state index contributed by atoms with van der Waals surface area (Å²) in [6.07, 6.45) is 0. The number of nitrogens with one attached hydrogen (secondary N) is 1. The summed E-state index contributed by atoms with van der Waals surface area (Å²) in [4.78, 5) is 28.5. The van der Waals surface area contributed by atoms with Crippen LogP contribution in [0.3, 0.4) is 0 Å². The van der Waals surface area contributed by atoms with Gasteiger partial charge in [0, 0.05) is 13.1 Å². The molecule has 0 heterocycles. The SMILES string of the molecule is CCOc1ccc(S(=O)(=O)N(CC(=O)N(Cc2cccc(OC)c2)C(C)C(=O)NCC(C)C)c2ccccc2)cc1. The van der Waals surface area contributed by atoms with Crippen LogP contribution in [-0.4, -0.2) is 58.0 Å². The number of methoxy groups -OCH3 is 1. The Kier molecular flexibility index (Phi) is 11.2. The van der Waals surface area contributed by atoms with Crippen LogP contribution in [0.1, 0.15) is 33.3 Å². The summed E-state index contributed by atoms with van der Waals surface area (Å²) < 4.78 is 39.7. The van der Waals surface area contributed by atoms with Gasteiger partial charge >= 0.3 is 0 Å². The lowest BCUT2D eigenvalue weighted by Crippen LogP contribution is -2.51. The molecule has 10 heteroatoms. The summed E-state index contributed by atoms with van der Waals surface area (Å²) in [6.45, 7) is 7.91. The molecule has 0 fully saturated rings. The number of ether oxygens (including phenoxy) is 2. The second-order valence-corrected chi connectivity index (χ2v) is 11.8. The molecule has 220 valence electrons. The van der Waals surface area contributed by atoms with E-state index in [9.17, 15) is 18.0 Å². The van der Waals surface area contributed by atoms with Gasteiger partial charge in [-0.3, -0.25) is 13.9 Å². The standard InChI is InChI=1S/C31H39N3O6S/c1-6-40-27-15-17-29(18-16-27)41(37,38)34(26-12-8-7-9-13-26)22-30(35)33(24(4)31(36)32-20-23(2)3)21-25-11-10-14-28(19-25)39-5/h7-19,23-24H,6,20-22H2,1-5H3,(H,32,36). The highest BCUT2D eigenvalue weighted by Crippen LogP contribution is 2.26.